The van der Waals surface area contributed by atoms with Gasteiger partial charge in [-0.05, 0) is 197 Å². The lowest BCUT2D eigenvalue weighted by molar-refractivity contribution is 0.662. The molecule has 15 heteroatoms. The van der Waals surface area contributed by atoms with Crippen molar-refractivity contribution in [2.24, 2.45) is 0 Å². The number of aromatic nitrogens is 12. The average Bonchev–Trinajstić information content (AvgIpc) is 1.58. The van der Waals surface area contributed by atoms with E-state index in [0.29, 0.717) is 16.7 Å². The van der Waals surface area contributed by atoms with Crippen LogP contribution in [0.25, 0.3) is 265 Å². The summed E-state index contributed by atoms with van der Waals surface area (Å²) in [4.78, 5) is 28.2. The van der Waals surface area contributed by atoms with Gasteiger partial charge in [0.25, 0.3) is 0 Å². The highest BCUT2D eigenvalue weighted by Gasteiger charge is 2.27. The largest absolute Gasteiger partial charge is 0.450 e. The normalized spacial score (nSPS) is 12.0. The Hall–Kier alpha value is -18.6. The number of rotatable bonds is 9. The fraction of sp³-hybridized carbons (Fsp3) is 0. The second-order valence-corrected chi connectivity index (χ2v) is 34.4. The summed E-state index contributed by atoms with van der Waals surface area (Å²) in [5.74, 6) is 2.21. The molecule has 30 rings (SSSR count). The zero-order valence-corrected chi connectivity index (χ0v) is 72.2. The van der Waals surface area contributed by atoms with E-state index in [1.807, 2.05) is 72.8 Å². The number of fused-ring (bicyclic) bond motifs is 27. The monoisotopic (exact) mass is 1730 g/mol. The fourth-order valence-corrected chi connectivity index (χ4v) is 21.2. The van der Waals surface area contributed by atoms with Gasteiger partial charge in [0.2, 0.25) is 0 Å². The Bertz CT molecular complexity index is 10100. The molecule has 0 saturated carbocycles. The van der Waals surface area contributed by atoms with Crippen molar-refractivity contribution in [3.8, 4) is 67.9 Å². The molecule has 0 aliphatic heterocycles. The first-order valence-corrected chi connectivity index (χ1v) is 45.2. The van der Waals surface area contributed by atoms with Gasteiger partial charge in [-0.1, -0.05) is 255 Å². The van der Waals surface area contributed by atoms with E-state index in [2.05, 4.69) is 388 Å². The molecule has 0 amide bonds. The van der Waals surface area contributed by atoms with Crippen LogP contribution in [-0.2, 0) is 0 Å². The summed E-state index contributed by atoms with van der Waals surface area (Å²) in [5.41, 5.74) is 30.9. The number of para-hydroxylation sites is 12. The summed E-state index contributed by atoms with van der Waals surface area (Å²) in [5, 5.41) is 17.4. The Morgan fingerprint density at radius 3 is 0.667 bits per heavy atom. The standard InChI is InChI=1S/3C40H24N4O/c1-2-10-27(11-3-1)43-33-15-7-5-13-29(33)32-22-25(19-21-35(32)43)26-18-20-30-28-12-4-8-16-34(28)44(36(30)23-26)40-39-38(41-24-42-40)31-14-6-9-17-37(31)45-39;1-2-10-27(11-3-1)43-33-15-7-4-12-28(33)30-20-18-25(22-35(30)43)26-19-21-31-29-13-5-8-16-34(29)44(36(31)23-26)40-39-38(41-24-42-40)32-14-6-9-17-37(32)45-39;1-2-10-27(11-3-1)43-33-15-7-4-12-28(33)31-22-25(18-20-35(31)43)26-19-21-36-32(23-26)29-13-5-8-16-34(29)44(36)40-39-38(41-24-42-40)30-14-6-9-17-37(30)45-39/h3*1-24H. The number of hydrogen-bond donors (Lipinski definition) is 0. The highest BCUT2D eigenvalue weighted by molar-refractivity contribution is 6.19. The lowest BCUT2D eigenvalue weighted by Gasteiger charge is -2.10. The zero-order chi connectivity index (χ0) is 88.5. The second kappa shape index (κ2) is 30.0. The van der Waals surface area contributed by atoms with Crippen LogP contribution in [0.1, 0.15) is 0 Å². The number of hydrogen-bond acceptors (Lipinski definition) is 9. The summed E-state index contributed by atoms with van der Waals surface area (Å²) in [6, 6.07) is 148. The predicted octanol–water partition coefficient (Wildman–Crippen LogP) is 30.7. The van der Waals surface area contributed by atoms with Crippen LogP contribution >= 0.6 is 0 Å². The van der Waals surface area contributed by atoms with Crippen molar-refractivity contribution in [1.82, 2.24) is 57.3 Å². The maximum atomic E-state index is 6.40. The first kappa shape index (κ1) is 75.4. The van der Waals surface area contributed by atoms with Gasteiger partial charge >= 0.3 is 0 Å². The molecule has 0 bridgehead atoms. The van der Waals surface area contributed by atoms with Gasteiger partial charge < -0.3 is 27.0 Å². The number of nitrogens with zero attached hydrogens (tertiary/aromatic N) is 12. The zero-order valence-electron chi connectivity index (χ0n) is 72.2. The minimum Gasteiger partial charge on any atom is -0.450 e. The quantitative estimate of drug-likeness (QED) is 0.138. The van der Waals surface area contributed by atoms with Crippen molar-refractivity contribution in [3.63, 3.8) is 0 Å². The van der Waals surface area contributed by atoms with E-state index in [9.17, 15) is 0 Å². The smallest absolute Gasteiger partial charge is 0.197 e. The maximum absolute atomic E-state index is 6.40. The first-order chi connectivity index (χ1) is 67.0. The van der Waals surface area contributed by atoms with Gasteiger partial charge in [-0.2, -0.15) is 0 Å². The third kappa shape index (κ3) is 11.7. The maximum Gasteiger partial charge on any atom is 0.197 e. The van der Waals surface area contributed by atoms with Gasteiger partial charge in [-0.15, -0.1) is 0 Å². The van der Waals surface area contributed by atoms with Gasteiger partial charge in [-0.3, -0.25) is 13.7 Å². The molecule has 630 valence electrons. The van der Waals surface area contributed by atoms with E-state index in [-0.39, 0.29) is 0 Å². The molecule has 0 spiro atoms. The van der Waals surface area contributed by atoms with Crippen molar-refractivity contribution in [2.75, 3.05) is 0 Å². The molecule has 15 nitrogen and oxygen atoms in total. The van der Waals surface area contributed by atoms with Gasteiger partial charge in [-0.25, -0.2) is 29.9 Å². The third-order valence-electron chi connectivity index (χ3n) is 27.1. The molecule has 0 atom stereocenters. The summed E-state index contributed by atoms with van der Waals surface area (Å²) >= 11 is 0. The Morgan fingerprint density at radius 1 is 0.148 bits per heavy atom. The second-order valence-electron chi connectivity index (χ2n) is 34.4. The molecular weight excluding hydrogens is 1660 g/mol. The molecule has 0 aliphatic carbocycles. The molecule has 0 unspecified atom stereocenters. The minimum atomic E-state index is 0.681. The van der Waals surface area contributed by atoms with Crippen molar-refractivity contribution < 1.29 is 13.3 Å². The van der Waals surface area contributed by atoms with Crippen molar-refractivity contribution in [3.05, 3.63) is 438 Å². The Balaban J connectivity index is 0.000000101. The summed E-state index contributed by atoms with van der Waals surface area (Å²) < 4.78 is 32.9. The van der Waals surface area contributed by atoms with Crippen LogP contribution in [0.15, 0.2) is 451 Å². The van der Waals surface area contributed by atoms with Gasteiger partial charge in [0.1, 0.15) is 52.3 Å². The van der Waals surface area contributed by atoms with Crippen LogP contribution in [0.5, 0.6) is 0 Å². The molecule has 18 aromatic carbocycles. The summed E-state index contributed by atoms with van der Waals surface area (Å²) in [6.07, 6.45) is 4.91. The van der Waals surface area contributed by atoms with Crippen molar-refractivity contribution in [2.45, 2.75) is 0 Å². The third-order valence-corrected chi connectivity index (χ3v) is 27.1. The molecule has 0 saturated heterocycles. The Morgan fingerprint density at radius 2 is 0.356 bits per heavy atom. The molecule has 12 heterocycles. The lowest BCUT2D eigenvalue weighted by Crippen LogP contribution is -1.98. The minimum absolute atomic E-state index is 0.681. The number of furan rings is 3. The van der Waals surface area contributed by atoms with E-state index >= 15 is 0 Å². The summed E-state index contributed by atoms with van der Waals surface area (Å²) in [6.45, 7) is 0. The van der Waals surface area contributed by atoms with Crippen LogP contribution < -0.4 is 0 Å². The topological polar surface area (TPSA) is 146 Å². The lowest BCUT2D eigenvalue weighted by atomic mass is 10.0. The molecule has 0 aliphatic rings. The van der Waals surface area contributed by atoms with Crippen LogP contribution in [0, 0.1) is 0 Å². The fourth-order valence-electron chi connectivity index (χ4n) is 21.2. The molecule has 135 heavy (non-hydrogen) atoms. The molecule has 0 N–H and O–H groups in total. The van der Waals surface area contributed by atoms with E-state index in [1.54, 1.807) is 19.0 Å². The molecule has 12 aromatic heterocycles. The molecular formula is C120H72N12O3. The van der Waals surface area contributed by atoms with Crippen LogP contribution in [0.4, 0.5) is 0 Å². The number of benzene rings is 18. The molecule has 0 radical (unpaired) electrons. The van der Waals surface area contributed by atoms with E-state index in [1.165, 1.54) is 98.1 Å². The van der Waals surface area contributed by atoms with E-state index in [0.717, 1.165) is 150 Å². The van der Waals surface area contributed by atoms with Crippen LogP contribution in [0.3, 0.4) is 0 Å². The SMILES string of the molecule is c1ccc(-n2c3ccccc3c3cc(-c4ccc5c(c4)c4ccccc4n5-c4ncnc5c4oc4ccccc45)ccc32)cc1.c1ccc(-n2c3ccccc3c3cc(-c4ccc5c6ccccc6n(-c6ncnc7c6oc6ccccc67)c5c4)ccc32)cc1.c1ccc(-n2c3ccccc3c3ccc(-c4ccc5c6ccccc6n(-c6ncnc7c6oc6ccccc67)c5c4)cc32)cc1. The highest BCUT2D eigenvalue weighted by Crippen LogP contribution is 2.46. The first-order valence-electron chi connectivity index (χ1n) is 45.2. The van der Waals surface area contributed by atoms with Gasteiger partial charge in [0.05, 0.1) is 66.2 Å². The Kier molecular flexibility index (Phi) is 16.7. The highest BCUT2D eigenvalue weighted by atomic mass is 16.3. The van der Waals surface area contributed by atoms with Crippen molar-refractivity contribution >= 4 is 197 Å². The summed E-state index contributed by atoms with van der Waals surface area (Å²) in [7, 11) is 0. The predicted molar refractivity (Wildman–Crippen MR) is 550 cm³/mol. The van der Waals surface area contributed by atoms with Crippen LogP contribution in [0.2, 0.25) is 0 Å². The van der Waals surface area contributed by atoms with Crippen molar-refractivity contribution in [1.29, 1.82) is 0 Å². The molecule has 0 fully saturated rings. The average molecular weight is 1730 g/mol. The van der Waals surface area contributed by atoms with Gasteiger partial charge in [0.15, 0.2) is 34.2 Å². The van der Waals surface area contributed by atoms with E-state index < -0.39 is 0 Å². The van der Waals surface area contributed by atoms with Gasteiger partial charge in [0, 0.05) is 97.9 Å². The Labute approximate surface area is 768 Å². The van der Waals surface area contributed by atoms with Crippen LogP contribution in [-0.4, -0.2) is 57.3 Å². The molecule has 30 aromatic rings. The van der Waals surface area contributed by atoms with E-state index in [4.69, 9.17) is 28.2 Å².